The number of carboxylic acids is 1. The minimum atomic E-state index is -1.16. The zero-order valence-corrected chi connectivity index (χ0v) is 12.7. The van der Waals surface area contributed by atoms with E-state index >= 15 is 0 Å². The monoisotopic (exact) mass is 371 g/mol. The maximum Gasteiger partial charge on any atom is 0.335 e. The van der Waals surface area contributed by atoms with Crippen LogP contribution in [-0.4, -0.2) is 17.0 Å². The van der Waals surface area contributed by atoms with Crippen molar-refractivity contribution in [1.82, 2.24) is 0 Å². The molecule has 21 heavy (non-hydrogen) atoms. The van der Waals surface area contributed by atoms with Gasteiger partial charge in [0.15, 0.2) is 0 Å². The van der Waals surface area contributed by atoms with Gasteiger partial charge in [0.1, 0.15) is 5.82 Å². The van der Waals surface area contributed by atoms with Crippen molar-refractivity contribution in [2.75, 3.05) is 5.32 Å². The first kappa shape index (κ1) is 15.5. The molecule has 0 saturated carbocycles. The number of hydrogen-bond donors (Lipinski definition) is 2. The highest BCUT2D eigenvalue weighted by Gasteiger charge is 2.17. The third-order valence-electron chi connectivity index (χ3n) is 2.65. The number of carbonyl (C=O) groups excluding carboxylic acids is 1. The lowest BCUT2D eigenvalue weighted by atomic mass is 10.1. The predicted octanol–water partition coefficient (Wildman–Crippen LogP) is 4.19. The molecule has 0 aliphatic carbocycles. The van der Waals surface area contributed by atoms with Crippen molar-refractivity contribution in [3.8, 4) is 0 Å². The van der Waals surface area contributed by atoms with Gasteiger partial charge in [-0.05, 0) is 46.3 Å². The van der Waals surface area contributed by atoms with Crippen molar-refractivity contribution < 1.29 is 19.1 Å². The van der Waals surface area contributed by atoms with Gasteiger partial charge in [0, 0.05) is 4.47 Å². The van der Waals surface area contributed by atoms with Crippen LogP contribution in [0.3, 0.4) is 0 Å². The van der Waals surface area contributed by atoms with Gasteiger partial charge in [0.2, 0.25) is 0 Å². The maximum absolute atomic E-state index is 13.7. The fourth-order valence-corrected chi connectivity index (χ4v) is 2.34. The van der Waals surface area contributed by atoms with Gasteiger partial charge >= 0.3 is 5.97 Å². The number of carbonyl (C=O) groups is 2. The largest absolute Gasteiger partial charge is 0.478 e. The first-order valence-electron chi connectivity index (χ1n) is 5.68. The average molecular weight is 373 g/mol. The molecule has 2 N–H and O–H groups in total. The summed E-state index contributed by atoms with van der Waals surface area (Å²) in [4.78, 5) is 23.0. The molecule has 0 atom stereocenters. The summed E-state index contributed by atoms with van der Waals surface area (Å²) in [6, 6.07) is 7.98. The number of anilines is 1. The first-order chi connectivity index (χ1) is 9.90. The van der Waals surface area contributed by atoms with Gasteiger partial charge in [-0.2, -0.15) is 0 Å². The summed E-state index contributed by atoms with van der Waals surface area (Å²) in [5.74, 6) is -2.59. The van der Waals surface area contributed by atoms with E-state index in [9.17, 15) is 14.0 Å². The Morgan fingerprint density at radius 1 is 1.24 bits per heavy atom. The van der Waals surface area contributed by atoms with Gasteiger partial charge in [0.25, 0.3) is 5.91 Å². The van der Waals surface area contributed by atoms with Crippen molar-refractivity contribution in [3.63, 3.8) is 0 Å². The van der Waals surface area contributed by atoms with Crippen LogP contribution in [0.2, 0.25) is 5.02 Å². The van der Waals surface area contributed by atoms with E-state index in [0.29, 0.717) is 0 Å². The molecule has 1 amide bonds. The van der Waals surface area contributed by atoms with E-state index < -0.39 is 17.7 Å². The summed E-state index contributed by atoms with van der Waals surface area (Å²) < 4.78 is 14.0. The second kappa shape index (κ2) is 6.24. The Labute approximate surface area is 132 Å². The number of halogens is 3. The molecule has 0 fully saturated rings. The third-order valence-corrected chi connectivity index (χ3v) is 3.64. The van der Waals surface area contributed by atoms with Crippen LogP contribution in [-0.2, 0) is 0 Å². The lowest BCUT2D eigenvalue weighted by Crippen LogP contribution is -2.15. The SMILES string of the molecule is O=C(O)c1ccc(Cl)c(NC(=O)c2c(F)cccc2Br)c1. The minimum absolute atomic E-state index is 0.0395. The van der Waals surface area contributed by atoms with Crippen molar-refractivity contribution in [2.24, 2.45) is 0 Å². The number of carboxylic acid groups (broad SMARTS) is 1. The summed E-state index contributed by atoms with van der Waals surface area (Å²) in [5.41, 5.74) is -0.131. The fourth-order valence-electron chi connectivity index (χ4n) is 1.65. The van der Waals surface area contributed by atoms with Crippen LogP contribution in [0.5, 0.6) is 0 Å². The van der Waals surface area contributed by atoms with Crippen LogP contribution < -0.4 is 5.32 Å². The molecule has 7 heteroatoms. The normalized spacial score (nSPS) is 10.2. The number of benzene rings is 2. The van der Waals surface area contributed by atoms with E-state index in [2.05, 4.69) is 21.2 Å². The molecule has 4 nitrogen and oxygen atoms in total. The van der Waals surface area contributed by atoms with Crippen LogP contribution in [0.25, 0.3) is 0 Å². The van der Waals surface area contributed by atoms with Gasteiger partial charge in [-0.15, -0.1) is 0 Å². The highest BCUT2D eigenvalue weighted by molar-refractivity contribution is 9.10. The smallest absolute Gasteiger partial charge is 0.335 e. The summed E-state index contributed by atoms with van der Waals surface area (Å²) in [6.07, 6.45) is 0. The van der Waals surface area contributed by atoms with Gasteiger partial charge in [0.05, 0.1) is 21.8 Å². The van der Waals surface area contributed by atoms with Crippen LogP contribution in [0.15, 0.2) is 40.9 Å². The maximum atomic E-state index is 13.7. The van der Waals surface area contributed by atoms with Crippen molar-refractivity contribution in [3.05, 3.63) is 62.8 Å². The Morgan fingerprint density at radius 2 is 1.95 bits per heavy atom. The molecule has 0 bridgehead atoms. The van der Waals surface area contributed by atoms with Gasteiger partial charge < -0.3 is 10.4 Å². The lowest BCUT2D eigenvalue weighted by molar-refractivity contribution is 0.0696. The van der Waals surface area contributed by atoms with Gasteiger partial charge in [-0.3, -0.25) is 4.79 Å². The fraction of sp³-hybridized carbons (Fsp3) is 0. The lowest BCUT2D eigenvalue weighted by Gasteiger charge is -2.10. The van der Waals surface area contributed by atoms with Gasteiger partial charge in [-0.25, -0.2) is 9.18 Å². The molecule has 0 aliphatic heterocycles. The van der Waals surface area contributed by atoms with E-state index in [4.69, 9.17) is 16.7 Å². The standard InChI is InChI=1S/C14H8BrClFNO3/c15-8-2-1-3-10(17)12(8)13(19)18-11-6-7(14(20)21)4-5-9(11)16/h1-6H,(H,18,19)(H,20,21). The average Bonchev–Trinajstić information content (AvgIpc) is 2.40. The Morgan fingerprint density at radius 3 is 2.57 bits per heavy atom. The number of hydrogen-bond acceptors (Lipinski definition) is 2. The molecule has 0 spiro atoms. The zero-order valence-electron chi connectivity index (χ0n) is 10.4. The summed E-state index contributed by atoms with van der Waals surface area (Å²) in [7, 11) is 0. The predicted molar refractivity (Wildman–Crippen MR) is 80.5 cm³/mol. The molecule has 0 unspecified atom stereocenters. The third kappa shape index (κ3) is 3.40. The molecule has 0 saturated heterocycles. The Bertz CT molecular complexity index is 716. The highest BCUT2D eigenvalue weighted by atomic mass is 79.9. The molecule has 108 valence electrons. The van der Waals surface area contributed by atoms with Crippen LogP contribution in [0.1, 0.15) is 20.7 Å². The van der Waals surface area contributed by atoms with Crippen LogP contribution >= 0.6 is 27.5 Å². The number of aromatic carboxylic acids is 1. The summed E-state index contributed by atoms with van der Waals surface area (Å²) in [5, 5.41) is 11.5. The molecule has 0 aliphatic rings. The molecule has 2 aromatic carbocycles. The second-order valence-corrected chi connectivity index (χ2v) is 5.31. The highest BCUT2D eigenvalue weighted by Crippen LogP contribution is 2.26. The van der Waals surface area contributed by atoms with E-state index in [1.54, 1.807) is 0 Å². The van der Waals surface area contributed by atoms with E-state index in [1.165, 1.54) is 30.3 Å². The Kier molecular flexibility index (Phi) is 4.59. The number of rotatable bonds is 3. The molecule has 0 aromatic heterocycles. The van der Waals surface area contributed by atoms with Crippen LogP contribution in [0.4, 0.5) is 10.1 Å². The topological polar surface area (TPSA) is 66.4 Å². The summed E-state index contributed by atoms with van der Waals surface area (Å²) >= 11 is 8.99. The van der Waals surface area contributed by atoms with E-state index in [-0.39, 0.29) is 26.3 Å². The molecular weight excluding hydrogens is 365 g/mol. The molecule has 0 radical (unpaired) electrons. The van der Waals surface area contributed by atoms with Crippen molar-refractivity contribution in [1.29, 1.82) is 0 Å². The van der Waals surface area contributed by atoms with Crippen molar-refractivity contribution in [2.45, 2.75) is 0 Å². The minimum Gasteiger partial charge on any atom is -0.478 e. The van der Waals surface area contributed by atoms with E-state index in [1.807, 2.05) is 0 Å². The zero-order chi connectivity index (χ0) is 15.6. The first-order valence-corrected chi connectivity index (χ1v) is 6.85. The van der Waals surface area contributed by atoms with Gasteiger partial charge in [-0.1, -0.05) is 17.7 Å². The van der Waals surface area contributed by atoms with Crippen LogP contribution in [0, 0.1) is 5.82 Å². The molecule has 2 rings (SSSR count). The molecular formula is C14H8BrClFNO3. The van der Waals surface area contributed by atoms with Crippen molar-refractivity contribution >= 4 is 45.1 Å². The second-order valence-electron chi connectivity index (χ2n) is 4.05. The molecule has 2 aromatic rings. The quantitative estimate of drug-likeness (QED) is 0.849. The number of amides is 1. The molecule has 0 heterocycles. The van der Waals surface area contributed by atoms with E-state index in [0.717, 1.165) is 6.07 Å². The number of nitrogens with one attached hydrogen (secondary N) is 1. The summed E-state index contributed by atoms with van der Waals surface area (Å²) in [6.45, 7) is 0. The Balaban J connectivity index is 2.36. The Hall–Kier alpha value is -1.92.